The van der Waals surface area contributed by atoms with Crippen LogP contribution < -0.4 is 0 Å². The molecule has 2 heterocycles. The molecule has 0 spiro atoms. The Hall–Kier alpha value is -5.70. The highest BCUT2D eigenvalue weighted by atomic mass is 16.6. The summed E-state index contributed by atoms with van der Waals surface area (Å²) in [5.41, 5.74) is -5.80. The first-order valence-electron chi connectivity index (χ1n) is 20.4. The van der Waals surface area contributed by atoms with Crippen LogP contribution in [0.15, 0.2) is 107 Å². The zero-order valence-corrected chi connectivity index (χ0v) is 34.7. The van der Waals surface area contributed by atoms with Gasteiger partial charge in [0, 0.05) is 37.7 Å². The number of aliphatic imine (C=N–C) groups is 1. The Bertz CT molecular complexity index is 2310. The molecular weight excluding hydrogens is 787 g/mol. The lowest BCUT2D eigenvalue weighted by Gasteiger charge is -2.67. The van der Waals surface area contributed by atoms with E-state index in [9.17, 15) is 29.4 Å². The molecule has 0 amide bonds. The highest BCUT2D eigenvalue weighted by Gasteiger charge is 2.78. The van der Waals surface area contributed by atoms with Gasteiger partial charge in [-0.2, -0.15) is 0 Å². The summed E-state index contributed by atoms with van der Waals surface area (Å²) in [6, 6.07) is 25.3. The lowest BCUT2D eigenvalue weighted by atomic mass is 9.44. The molecule has 1 saturated heterocycles. The third-order valence-corrected chi connectivity index (χ3v) is 13.6. The number of ether oxygens (including phenoxy) is 6. The maximum atomic E-state index is 15.5. The van der Waals surface area contributed by atoms with E-state index in [2.05, 4.69) is 0 Å². The van der Waals surface area contributed by atoms with E-state index in [1.165, 1.54) is 26.0 Å². The summed E-state index contributed by atoms with van der Waals surface area (Å²) < 4.78 is 37.0. The molecule has 3 aromatic rings. The molecule has 2 aliphatic heterocycles. The van der Waals surface area contributed by atoms with Crippen molar-refractivity contribution in [2.75, 3.05) is 6.61 Å². The van der Waals surface area contributed by atoms with Gasteiger partial charge in [0.1, 0.15) is 30.0 Å². The molecule has 5 aliphatic rings. The van der Waals surface area contributed by atoms with Gasteiger partial charge < -0.3 is 38.6 Å². The first-order chi connectivity index (χ1) is 28.9. The number of aliphatic hydroxyl groups is 2. The van der Waals surface area contributed by atoms with Crippen LogP contribution in [0.25, 0.3) is 0 Å². The fourth-order valence-corrected chi connectivity index (χ4v) is 10.4. The summed E-state index contributed by atoms with van der Waals surface area (Å²) >= 11 is 0. The van der Waals surface area contributed by atoms with Gasteiger partial charge in [-0.3, -0.25) is 14.4 Å². The Morgan fingerprint density at radius 3 is 2.05 bits per heavy atom. The van der Waals surface area contributed by atoms with Crippen molar-refractivity contribution in [2.24, 2.45) is 21.7 Å². The van der Waals surface area contributed by atoms with Crippen molar-refractivity contribution in [3.05, 3.63) is 119 Å². The molecule has 320 valence electrons. The van der Waals surface area contributed by atoms with E-state index in [0.717, 1.165) is 6.92 Å². The second-order valence-corrected chi connectivity index (χ2v) is 17.4. The summed E-state index contributed by atoms with van der Waals surface area (Å²) in [7, 11) is 0. The summed E-state index contributed by atoms with van der Waals surface area (Å²) in [5.74, 6) is -5.38. The maximum Gasteiger partial charge on any atom is 0.350 e. The number of fused-ring (bicyclic) bond motifs is 5. The topological polar surface area (TPSA) is 194 Å². The van der Waals surface area contributed by atoms with Gasteiger partial charge in [-0.15, -0.1) is 0 Å². The summed E-state index contributed by atoms with van der Waals surface area (Å²) in [4.78, 5) is 75.3. The van der Waals surface area contributed by atoms with Crippen LogP contribution in [0.3, 0.4) is 0 Å². The third-order valence-electron chi connectivity index (χ3n) is 13.6. The van der Waals surface area contributed by atoms with E-state index in [1.807, 2.05) is 48.5 Å². The van der Waals surface area contributed by atoms with Crippen molar-refractivity contribution in [3.8, 4) is 0 Å². The number of carbonyl (C=O) groups excluding carboxylic acids is 5. The van der Waals surface area contributed by atoms with Crippen LogP contribution in [0.4, 0.5) is 0 Å². The molecule has 8 rings (SSSR count). The van der Waals surface area contributed by atoms with Crippen molar-refractivity contribution in [3.63, 3.8) is 0 Å². The molecule has 2 N–H and O–H groups in total. The predicted octanol–water partition coefficient (Wildman–Crippen LogP) is 4.79. The molecule has 3 aromatic carbocycles. The number of carbonyl (C=O) groups is 5. The number of benzene rings is 3. The minimum Gasteiger partial charge on any atom is -0.459 e. The predicted molar refractivity (Wildman–Crippen MR) is 216 cm³/mol. The summed E-state index contributed by atoms with van der Waals surface area (Å²) in [5, 5.41) is 25.8. The van der Waals surface area contributed by atoms with Crippen LogP contribution in [-0.4, -0.2) is 100 Å². The highest BCUT2D eigenvalue weighted by molar-refractivity contribution is 5.98. The van der Waals surface area contributed by atoms with Crippen LogP contribution in [0.2, 0.25) is 0 Å². The molecular formula is C47H49NO13. The van der Waals surface area contributed by atoms with E-state index in [-0.39, 0.29) is 30.1 Å². The Morgan fingerprint density at radius 1 is 0.836 bits per heavy atom. The summed E-state index contributed by atoms with van der Waals surface area (Å²) in [6.07, 6.45) is -9.21. The van der Waals surface area contributed by atoms with Crippen LogP contribution in [0.5, 0.6) is 0 Å². The van der Waals surface area contributed by atoms with Gasteiger partial charge in [0.2, 0.25) is 12.0 Å². The smallest absolute Gasteiger partial charge is 0.350 e. The van der Waals surface area contributed by atoms with E-state index in [4.69, 9.17) is 33.4 Å². The van der Waals surface area contributed by atoms with E-state index < -0.39 is 107 Å². The summed E-state index contributed by atoms with van der Waals surface area (Å²) in [6.45, 7) is 8.36. The van der Waals surface area contributed by atoms with Crippen LogP contribution in [-0.2, 0) is 47.6 Å². The quantitative estimate of drug-likeness (QED) is 0.179. The minimum atomic E-state index is -2.30. The Morgan fingerprint density at radius 2 is 1.46 bits per heavy atom. The van der Waals surface area contributed by atoms with Gasteiger partial charge in [-0.05, 0) is 54.8 Å². The molecule has 3 fully saturated rings. The van der Waals surface area contributed by atoms with Crippen molar-refractivity contribution < 1.29 is 62.6 Å². The number of esters is 4. The molecule has 14 nitrogen and oxygen atoms in total. The molecule has 3 aliphatic carbocycles. The van der Waals surface area contributed by atoms with E-state index >= 15 is 4.79 Å². The number of aliphatic hydroxyl groups excluding tert-OH is 1. The Labute approximate surface area is 352 Å². The maximum absolute atomic E-state index is 15.5. The van der Waals surface area contributed by atoms with Gasteiger partial charge in [0.05, 0.1) is 29.6 Å². The first kappa shape index (κ1) is 42.0. The normalized spacial score (nSPS) is 34.8. The monoisotopic (exact) mass is 835 g/mol. The van der Waals surface area contributed by atoms with Crippen LogP contribution in [0, 0.1) is 16.7 Å². The van der Waals surface area contributed by atoms with E-state index in [0.29, 0.717) is 16.7 Å². The largest absolute Gasteiger partial charge is 0.459 e. The van der Waals surface area contributed by atoms with Gasteiger partial charge in [0.15, 0.2) is 17.5 Å². The standard InChI is InChI=1S/C47H49NO13/c1-25-31(58-43(54)37-35(28-16-10-7-11-17-28)48-41(59-37)29-18-12-8-13-19-29)23-47(55)40(60-42(53)30-20-14-9-15-21-30)38-45(6,32(51)22-33-46(38,24-56-33)61-27(3)50)39(52)36(57-26(2)49)34(25)44(47,4)5/h7-21,31-33,35-38,40,51,55H,22-24H2,1-6H3/t31-,32-,33+,35-,36+,37-,38-,40-,45+,46-,47+/m0/s1. The SMILES string of the molecule is CC(=O)O[C@H]1C(=O)[C@@]2(C)[C@H]([C@H](OC(=O)c3ccccc3)[C@]3(O)C[C@H](OC(=O)[C@H]4OC(c5ccccc5)=N[C@H]4c4ccccc4)C(C)=C1C3(C)C)[C@]1(OC(C)=O)CO[C@@H]1C[C@@H]2O. The molecule has 2 saturated carbocycles. The lowest BCUT2D eigenvalue weighted by molar-refractivity contribution is -0.346. The average Bonchev–Trinajstić information content (AvgIpc) is 3.69. The second-order valence-electron chi connectivity index (χ2n) is 17.4. The third kappa shape index (κ3) is 6.66. The number of hydrogen-bond donors (Lipinski definition) is 2. The van der Waals surface area contributed by atoms with Gasteiger partial charge >= 0.3 is 23.9 Å². The van der Waals surface area contributed by atoms with Crippen LogP contribution in [0.1, 0.15) is 81.9 Å². The number of hydrogen-bond acceptors (Lipinski definition) is 14. The van der Waals surface area contributed by atoms with Crippen molar-refractivity contribution in [1.29, 1.82) is 0 Å². The highest BCUT2D eigenvalue weighted by Crippen LogP contribution is 2.64. The van der Waals surface area contributed by atoms with Crippen molar-refractivity contribution >= 4 is 35.6 Å². The molecule has 61 heavy (non-hydrogen) atoms. The lowest BCUT2D eigenvalue weighted by Crippen LogP contribution is -2.82. The number of ketones is 1. The molecule has 2 bridgehead atoms. The fourth-order valence-electron chi connectivity index (χ4n) is 10.4. The fraction of sp³-hybridized carbons (Fsp3) is 0.447. The molecule has 14 heteroatoms. The van der Waals surface area contributed by atoms with Crippen LogP contribution >= 0.6 is 0 Å². The van der Waals surface area contributed by atoms with Gasteiger partial charge in [-0.1, -0.05) is 80.6 Å². The Kier molecular flexibility index (Phi) is 10.6. The van der Waals surface area contributed by atoms with Crippen molar-refractivity contribution in [1.82, 2.24) is 0 Å². The second kappa shape index (κ2) is 15.3. The molecule has 0 unspecified atom stereocenters. The molecule has 11 atom stereocenters. The molecule has 0 radical (unpaired) electrons. The first-order valence-corrected chi connectivity index (χ1v) is 20.4. The Balaban J connectivity index is 1.29. The molecule has 0 aromatic heterocycles. The number of Topliss-reactive ketones (excluding diaryl/α,β-unsaturated/α-hetero) is 1. The number of nitrogens with zero attached hydrogens (tertiary/aromatic N) is 1. The zero-order chi connectivity index (χ0) is 43.6. The zero-order valence-electron chi connectivity index (χ0n) is 34.7. The van der Waals surface area contributed by atoms with Crippen molar-refractivity contribution in [2.45, 2.75) is 108 Å². The minimum absolute atomic E-state index is 0.0913. The van der Waals surface area contributed by atoms with Gasteiger partial charge in [-0.25, -0.2) is 14.6 Å². The van der Waals surface area contributed by atoms with Gasteiger partial charge in [0.25, 0.3) is 0 Å². The number of rotatable bonds is 8. The van der Waals surface area contributed by atoms with E-state index in [1.54, 1.807) is 51.1 Å². The average molecular weight is 836 g/mol.